The van der Waals surface area contributed by atoms with Gasteiger partial charge in [0, 0.05) is 6.07 Å². The zero-order valence-corrected chi connectivity index (χ0v) is 16.0. The van der Waals surface area contributed by atoms with Crippen molar-refractivity contribution in [2.45, 2.75) is 0 Å². The molecule has 0 saturated heterocycles. The van der Waals surface area contributed by atoms with Gasteiger partial charge in [0.25, 0.3) is 0 Å². The Morgan fingerprint density at radius 1 is 0.655 bits per heavy atom. The number of carbonyl (C=O) groups excluding carboxylic acids is 2. The van der Waals surface area contributed by atoms with Crippen molar-refractivity contribution >= 4 is 23.2 Å². The van der Waals surface area contributed by atoms with E-state index in [2.05, 4.69) is 10.6 Å². The van der Waals surface area contributed by atoms with Gasteiger partial charge in [-0.2, -0.15) is 0 Å². The molecule has 7 nitrogen and oxygen atoms in total. The second-order valence-electron chi connectivity index (χ2n) is 5.89. The molecule has 0 heterocycles. The molecule has 0 spiro atoms. The van der Waals surface area contributed by atoms with Crippen molar-refractivity contribution in [3.8, 4) is 23.0 Å². The molecule has 0 aromatic heterocycles. The number of hydrogen-bond acceptors (Lipinski definition) is 5. The van der Waals surface area contributed by atoms with Crippen LogP contribution < -0.4 is 24.8 Å². The number of hydrogen-bond donors (Lipinski definition) is 2. The molecule has 0 aliphatic heterocycles. The number of rotatable bonds is 6. The summed E-state index contributed by atoms with van der Waals surface area (Å²) < 4.78 is 16.1. The molecule has 3 aromatic carbocycles. The first-order valence-corrected chi connectivity index (χ1v) is 8.77. The minimum absolute atomic E-state index is 0.349. The average Bonchev–Trinajstić information content (AvgIpc) is 2.76. The van der Waals surface area contributed by atoms with Crippen molar-refractivity contribution in [2.24, 2.45) is 0 Å². The standard InChI is InChI=1S/C22H20N2O5/c1-27-16-12-13-18(20(14-16)28-2)24-22(26)21(25)23-17-10-6-7-11-19(17)29-15-8-4-3-5-9-15/h3-14H,1-2H3,(H,23,25)(H,24,26). The van der Waals surface area contributed by atoms with E-state index in [9.17, 15) is 9.59 Å². The smallest absolute Gasteiger partial charge is 0.314 e. The van der Waals surface area contributed by atoms with Gasteiger partial charge in [0.05, 0.1) is 25.6 Å². The number of amides is 2. The van der Waals surface area contributed by atoms with Gasteiger partial charge in [-0.1, -0.05) is 30.3 Å². The minimum Gasteiger partial charge on any atom is -0.497 e. The summed E-state index contributed by atoms with van der Waals surface area (Å²) >= 11 is 0. The van der Waals surface area contributed by atoms with E-state index in [0.29, 0.717) is 34.4 Å². The fourth-order valence-corrected chi connectivity index (χ4v) is 2.53. The summed E-state index contributed by atoms with van der Waals surface area (Å²) in [6.45, 7) is 0. The number of para-hydroxylation sites is 3. The normalized spacial score (nSPS) is 10.0. The Hall–Kier alpha value is -4.00. The van der Waals surface area contributed by atoms with Crippen LogP contribution in [0.4, 0.5) is 11.4 Å². The van der Waals surface area contributed by atoms with Crippen LogP contribution in [0.3, 0.4) is 0 Å². The molecule has 0 unspecified atom stereocenters. The first-order valence-electron chi connectivity index (χ1n) is 8.77. The molecule has 0 saturated carbocycles. The maximum Gasteiger partial charge on any atom is 0.314 e. The van der Waals surface area contributed by atoms with Crippen molar-refractivity contribution in [3.05, 3.63) is 72.8 Å². The highest BCUT2D eigenvalue weighted by Crippen LogP contribution is 2.30. The van der Waals surface area contributed by atoms with Crippen LogP contribution >= 0.6 is 0 Å². The maximum absolute atomic E-state index is 12.4. The molecule has 0 bridgehead atoms. The number of anilines is 2. The van der Waals surface area contributed by atoms with Crippen molar-refractivity contribution in [3.63, 3.8) is 0 Å². The number of benzene rings is 3. The maximum atomic E-state index is 12.4. The van der Waals surface area contributed by atoms with Gasteiger partial charge >= 0.3 is 11.8 Å². The topological polar surface area (TPSA) is 85.9 Å². The summed E-state index contributed by atoms with van der Waals surface area (Å²) in [6, 6.07) is 20.8. The predicted molar refractivity (Wildman–Crippen MR) is 110 cm³/mol. The lowest BCUT2D eigenvalue weighted by atomic mass is 10.2. The Balaban J connectivity index is 1.71. The summed E-state index contributed by atoms with van der Waals surface area (Å²) in [5.41, 5.74) is 0.723. The Kier molecular flexibility index (Phi) is 6.32. The quantitative estimate of drug-likeness (QED) is 0.618. The molecule has 0 radical (unpaired) electrons. The summed E-state index contributed by atoms with van der Waals surface area (Å²) in [5, 5.41) is 5.10. The van der Waals surface area contributed by atoms with E-state index >= 15 is 0 Å². The second kappa shape index (κ2) is 9.27. The monoisotopic (exact) mass is 392 g/mol. The largest absolute Gasteiger partial charge is 0.497 e. The highest BCUT2D eigenvalue weighted by atomic mass is 16.5. The lowest BCUT2D eigenvalue weighted by Crippen LogP contribution is -2.29. The van der Waals surface area contributed by atoms with E-state index in [1.165, 1.54) is 14.2 Å². The molecule has 2 amide bonds. The summed E-state index contributed by atoms with van der Waals surface area (Å²) in [6.07, 6.45) is 0. The van der Waals surface area contributed by atoms with Crippen LogP contribution in [0.2, 0.25) is 0 Å². The molecule has 2 N–H and O–H groups in total. The van der Waals surface area contributed by atoms with Crippen LogP contribution in [0.5, 0.6) is 23.0 Å². The van der Waals surface area contributed by atoms with E-state index in [4.69, 9.17) is 14.2 Å². The molecule has 0 atom stereocenters. The van der Waals surface area contributed by atoms with Gasteiger partial charge in [-0.15, -0.1) is 0 Å². The molecular formula is C22H20N2O5. The zero-order valence-electron chi connectivity index (χ0n) is 16.0. The van der Waals surface area contributed by atoms with Crippen molar-refractivity contribution in [1.29, 1.82) is 0 Å². The third-order valence-corrected chi connectivity index (χ3v) is 3.97. The first-order chi connectivity index (χ1) is 14.1. The summed E-state index contributed by atoms with van der Waals surface area (Å²) in [4.78, 5) is 24.8. The summed E-state index contributed by atoms with van der Waals surface area (Å²) in [5.74, 6) is 0.285. The predicted octanol–water partition coefficient (Wildman–Crippen LogP) is 4.07. The number of methoxy groups -OCH3 is 2. The van der Waals surface area contributed by atoms with E-state index in [1.54, 1.807) is 54.6 Å². The minimum atomic E-state index is -0.844. The fraction of sp³-hybridized carbons (Fsp3) is 0.0909. The van der Waals surface area contributed by atoms with Crippen LogP contribution in [0.25, 0.3) is 0 Å². The average molecular weight is 392 g/mol. The van der Waals surface area contributed by atoms with Crippen molar-refractivity contribution in [1.82, 2.24) is 0 Å². The van der Waals surface area contributed by atoms with Crippen LogP contribution in [0.15, 0.2) is 72.8 Å². The Morgan fingerprint density at radius 3 is 1.93 bits per heavy atom. The number of ether oxygens (including phenoxy) is 3. The van der Waals surface area contributed by atoms with Crippen LogP contribution in [-0.4, -0.2) is 26.0 Å². The Bertz CT molecular complexity index is 1010. The molecule has 7 heteroatoms. The number of nitrogens with one attached hydrogen (secondary N) is 2. The Labute approximate surface area is 168 Å². The highest BCUT2D eigenvalue weighted by Gasteiger charge is 2.18. The third kappa shape index (κ3) is 5.04. The molecule has 0 fully saturated rings. The van der Waals surface area contributed by atoms with Crippen LogP contribution in [0.1, 0.15) is 0 Å². The molecule has 0 aliphatic carbocycles. The summed E-state index contributed by atoms with van der Waals surface area (Å²) in [7, 11) is 2.98. The SMILES string of the molecule is COc1ccc(NC(=O)C(=O)Nc2ccccc2Oc2ccccc2)c(OC)c1. The van der Waals surface area contributed by atoms with E-state index < -0.39 is 11.8 Å². The highest BCUT2D eigenvalue weighted by molar-refractivity contribution is 6.44. The van der Waals surface area contributed by atoms with Crippen molar-refractivity contribution < 1.29 is 23.8 Å². The van der Waals surface area contributed by atoms with Gasteiger partial charge in [0.1, 0.15) is 17.2 Å². The molecule has 3 rings (SSSR count). The van der Waals surface area contributed by atoms with E-state index in [1.807, 2.05) is 18.2 Å². The van der Waals surface area contributed by atoms with Gasteiger partial charge in [0.15, 0.2) is 5.75 Å². The molecule has 148 valence electrons. The fourth-order valence-electron chi connectivity index (χ4n) is 2.53. The van der Waals surface area contributed by atoms with Crippen LogP contribution in [-0.2, 0) is 9.59 Å². The van der Waals surface area contributed by atoms with Gasteiger partial charge in [-0.3, -0.25) is 9.59 Å². The number of carbonyl (C=O) groups is 2. The molecular weight excluding hydrogens is 372 g/mol. The lowest BCUT2D eigenvalue weighted by molar-refractivity contribution is -0.133. The Morgan fingerprint density at radius 2 is 1.28 bits per heavy atom. The third-order valence-electron chi connectivity index (χ3n) is 3.97. The van der Waals surface area contributed by atoms with E-state index in [-0.39, 0.29) is 0 Å². The van der Waals surface area contributed by atoms with Gasteiger partial charge < -0.3 is 24.8 Å². The first kappa shape index (κ1) is 19.8. The molecule has 3 aromatic rings. The lowest BCUT2D eigenvalue weighted by Gasteiger charge is -2.13. The second-order valence-corrected chi connectivity index (χ2v) is 5.89. The van der Waals surface area contributed by atoms with E-state index in [0.717, 1.165) is 0 Å². The van der Waals surface area contributed by atoms with Gasteiger partial charge in [-0.25, -0.2) is 0 Å². The van der Waals surface area contributed by atoms with Crippen molar-refractivity contribution in [2.75, 3.05) is 24.9 Å². The van der Waals surface area contributed by atoms with Gasteiger partial charge in [-0.05, 0) is 36.4 Å². The molecule has 0 aliphatic rings. The van der Waals surface area contributed by atoms with Crippen LogP contribution in [0, 0.1) is 0 Å². The molecule has 29 heavy (non-hydrogen) atoms. The zero-order chi connectivity index (χ0) is 20.6. The van der Waals surface area contributed by atoms with Gasteiger partial charge in [0.2, 0.25) is 0 Å².